The van der Waals surface area contributed by atoms with Crippen LogP contribution in [0, 0.1) is 0 Å². The third kappa shape index (κ3) is 10.8. The lowest BCUT2D eigenvalue weighted by molar-refractivity contribution is -0.133. The molecule has 0 aromatic heterocycles. The predicted octanol–water partition coefficient (Wildman–Crippen LogP) is 4.12. The van der Waals surface area contributed by atoms with Crippen molar-refractivity contribution in [1.82, 2.24) is 5.32 Å². The van der Waals surface area contributed by atoms with Crippen molar-refractivity contribution in [3.63, 3.8) is 0 Å². The van der Waals surface area contributed by atoms with E-state index in [1.807, 2.05) is 6.08 Å². The van der Waals surface area contributed by atoms with E-state index < -0.39 is 6.10 Å². The molecule has 0 spiro atoms. The molecule has 0 bridgehead atoms. The van der Waals surface area contributed by atoms with E-state index in [1.54, 1.807) is 6.08 Å². The van der Waals surface area contributed by atoms with Gasteiger partial charge in [-0.25, -0.2) is 0 Å². The number of ether oxygens (including phenoxy) is 1. The van der Waals surface area contributed by atoms with Crippen molar-refractivity contribution in [2.24, 2.45) is 0 Å². The molecule has 0 aliphatic carbocycles. The topological polar surface area (TPSA) is 58.6 Å². The van der Waals surface area contributed by atoms with Crippen molar-refractivity contribution in [2.75, 3.05) is 13.2 Å². The smallest absolute Gasteiger partial charge is 0.246 e. The molecule has 140 valence electrons. The molecule has 1 aliphatic rings. The van der Waals surface area contributed by atoms with E-state index in [2.05, 4.69) is 12.2 Å². The Labute approximate surface area is 148 Å². The first-order chi connectivity index (χ1) is 11.7. The number of carbonyl (C=O) groups excluding carboxylic acids is 1. The summed E-state index contributed by atoms with van der Waals surface area (Å²) < 4.78 is 5.13. The monoisotopic (exact) mass is 339 g/mol. The number of hydrogen-bond acceptors (Lipinski definition) is 3. The summed E-state index contributed by atoms with van der Waals surface area (Å²) in [6, 6.07) is -0.306. The third-order valence-electron chi connectivity index (χ3n) is 4.60. The molecule has 0 aromatic rings. The Morgan fingerprint density at radius 3 is 2.25 bits per heavy atom. The van der Waals surface area contributed by atoms with E-state index in [0.717, 1.165) is 6.42 Å². The van der Waals surface area contributed by atoms with Crippen LogP contribution < -0.4 is 5.32 Å². The van der Waals surface area contributed by atoms with Crippen molar-refractivity contribution >= 4 is 5.91 Å². The first-order valence-electron chi connectivity index (χ1n) is 9.96. The van der Waals surface area contributed by atoms with Gasteiger partial charge in [-0.3, -0.25) is 4.79 Å². The van der Waals surface area contributed by atoms with Gasteiger partial charge >= 0.3 is 0 Å². The Morgan fingerprint density at radius 2 is 1.67 bits per heavy atom. The minimum absolute atomic E-state index is 0.103. The molecule has 24 heavy (non-hydrogen) atoms. The second kappa shape index (κ2) is 14.5. The zero-order valence-corrected chi connectivity index (χ0v) is 15.5. The van der Waals surface area contributed by atoms with Crippen LogP contribution in [0.5, 0.6) is 0 Å². The summed E-state index contributed by atoms with van der Waals surface area (Å²) in [6.07, 6.45) is 19.0. The summed E-state index contributed by atoms with van der Waals surface area (Å²) >= 11 is 0. The summed E-state index contributed by atoms with van der Waals surface area (Å²) in [6.45, 7) is 2.75. The maximum Gasteiger partial charge on any atom is 0.246 e. The fourth-order valence-corrected chi connectivity index (χ4v) is 3.05. The molecule has 2 N–H and O–H groups in total. The second-order valence-electron chi connectivity index (χ2n) is 6.93. The van der Waals surface area contributed by atoms with Crippen LogP contribution >= 0.6 is 0 Å². The highest BCUT2D eigenvalue weighted by Gasteiger charge is 2.23. The molecule has 2 atom stereocenters. The van der Waals surface area contributed by atoms with Gasteiger partial charge in [-0.2, -0.15) is 0 Å². The molecule has 4 heteroatoms. The Bertz CT molecular complexity index is 344. The Morgan fingerprint density at radius 1 is 1.08 bits per heavy atom. The number of hydrogen-bond donors (Lipinski definition) is 2. The number of morpholine rings is 1. The molecule has 1 saturated heterocycles. The molecule has 1 fully saturated rings. The fraction of sp³-hybridized carbons (Fsp3) is 0.850. The number of aliphatic hydroxyl groups excluding tert-OH is 1. The zero-order valence-electron chi connectivity index (χ0n) is 15.5. The van der Waals surface area contributed by atoms with E-state index in [1.165, 1.54) is 70.6 Å². The largest absolute Gasteiger partial charge is 0.387 e. The number of amides is 1. The number of nitrogens with one attached hydrogen (secondary N) is 1. The van der Waals surface area contributed by atoms with Gasteiger partial charge < -0.3 is 15.2 Å². The summed E-state index contributed by atoms with van der Waals surface area (Å²) in [7, 11) is 0. The highest BCUT2D eigenvalue weighted by atomic mass is 16.5. The molecule has 0 unspecified atom stereocenters. The molecule has 4 nitrogen and oxygen atoms in total. The van der Waals surface area contributed by atoms with E-state index in [-0.39, 0.29) is 18.6 Å². The lowest BCUT2D eigenvalue weighted by Gasteiger charge is -2.26. The quantitative estimate of drug-likeness (QED) is 0.370. The highest BCUT2D eigenvalue weighted by Crippen LogP contribution is 2.12. The van der Waals surface area contributed by atoms with Gasteiger partial charge in [-0.15, -0.1) is 0 Å². The zero-order chi connectivity index (χ0) is 17.5. The molecule has 0 radical (unpaired) electrons. The van der Waals surface area contributed by atoms with Gasteiger partial charge in [0, 0.05) is 0 Å². The lowest BCUT2D eigenvalue weighted by atomic mass is 10.0. The van der Waals surface area contributed by atoms with Crippen molar-refractivity contribution in [2.45, 2.75) is 96.1 Å². The standard InChI is InChI=1S/C20H37NO3/c1-2-3-4-5-6-7-8-9-10-11-12-13-14-15-19(22)18-16-24-17-20(23)21-18/h14-15,18-19,22H,2-13,16-17H2,1H3,(H,21,23)/t18-,19+/m0/s1. The van der Waals surface area contributed by atoms with Crippen molar-refractivity contribution in [3.8, 4) is 0 Å². The van der Waals surface area contributed by atoms with E-state index >= 15 is 0 Å². The van der Waals surface area contributed by atoms with E-state index in [0.29, 0.717) is 6.61 Å². The predicted molar refractivity (Wildman–Crippen MR) is 99.0 cm³/mol. The summed E-state index contributed by atoms with van der Waals surface area (Å²) in [4.78, 5) is 11.2. The van der Waals surface area contributed by atoms with Gasteiger partial charge in [0.15, 0.2) is 0 Å². The highest BCUT2D eigenvalue weighted by molar-refractivity contribution is 5.78. The van der Waals surface area contributed by atoms with Gasteiger partial charge in [0.1, 0.15) is 6.61 Å². The van der Waals surface area contributed by atoms with Crippen LogP contribution in [0.1, 0.15) is 84.0 Å². The fourth-order valence-electron chi connectivity index (χ4n) is 3.05. The minimum atomic E-state index is -0.651. The van der Waals surface area contributed by atoms with Gasteiger partial charge in [-0.1, -0.05) is 83.3 Å². The first-order valence-corrected chi connectivity index (χ1v) is 9.96. The Balaban J connectivity index is 1.88. The van der Waals surface area contributed by atoms with Crippen molar-refractivity contribution in [3.05, 3.63) is 12.2 Å². The average Bonchev–Trinajstić information content (AvgIpc) is 2.59. The second-order valence-corrected chi connectivity index (χ2v) is 6.93. The molecule has 0 saturated carbocycles. The number of carbonyl (C=O) groups is 1. The Kier molecular flexibility index (Phi) is 12.8. The van der Waals surface area contributed by atoms with Crippen LogP contribution in [0.15, 0.2) is 12.2 Å². The lowest BCUT2D eigenvalue weighted by Crippen LogP contribution is -2.51. The average molecular weight is 340 g/mol. The normalized spacial score (nSPS) is 19.6. The maximum absolute atomic E-state index is 11.2. The van der Waals surface area contributed by atoms with Crippen LogP contribution in [0.3, 0.4) is 0 Å². The van der Waals surface area contributed by atoms with Crippen LogP contribution in [-0.4, -0.2) is 36.4 Å². The molecule has 1 heterocycles. The third-order valence-corrected chi connectivity index (χ3v) is 4.60. The van der Waals surface area contributed by atoms with Crippen LogP contribution in [-0.2, 0) is 9.53 Å². The molecule has 1 amide bonds. The minimum Gasteiger partial charge on any atom is -0.387 e. The Hall–Kier alpha value is -0.870. The van der Waals surface area contributed by atoms with Crippen LogP contribution in [0.25, 0.3) is 0 Å². The van der Waals surface area contributed by atoms with Gasteiger partial charge in [0.2, 0.25) is 5.91 Å². The maximum atomic E-state index is 11.2. The van der Waals surface area contributed by atoms with Crippen LogP contribution in [0.2, 0.25) is 0 Å². The number of rotatable bonds is 14. The summed E-state index contributed by atoms with van der Waals surface area (Å²) in [5.74, 6) is -0.149. The molecule has 1 rings (SSSR count). The molecule has 1 aliphatic heterocycles. The summed E-state index contributed by atoms with van der Waals surface area (Å²) in [5, 5.41) is 12.7. The van der Waals surface area contributed by atoms with Gasteiger partial charge in [0.05, 0.1) is 18.8 Å². The van der Waals surface area contributed by atoms with Crippen LogP contribution in [0.4, 0.5) is 0 Å². The first kappa shape index (κ1) is 21.2. The van der Waals surface area contributed by atoms with E-state index in [9.17, 15) is 9.90 Å². The molecular formula is C20H37NO3. The molecular weight excluding hydrogens is 302 g/mol. The van der Waals surface area contributed by atoms with Gasteiger partial charge in [-0.05, 0) is 12.8 Å². The van der Waals surface area contributed by atoms with Crippen molar-refractivity contribution in [1.29, 1.82) is 0 Å². The number of allylic oxidation sites excluding steroid dienone is 1. The number of aliphatic hydroxyl groups is 1. The summed E-state index contributed by atoms with van der Waals surface area (Å²) in [5.41, 5.74) is 0. The van der Waals surface area contributed by atoms with Crippen molar-refractivity contribution < 1.29 is 14.6 Å². The number of unbranched alkanes of at least 4 members (excludes halogenated alkanes) is 11. The van der Waals surface area contributed by atoms with E-state index in [4.69, 9.17) is 4.74 Å². The van der Waals surface area contributed by atoms with Gasteiger partial charge in [0.25, 0.3) is 0 Å². The molecule has 0 aromatic carbocycles. The SMILES string of the molecule is CCCCCCCCCCCCCC=C[C@@H](O)[C@@H]1COCC(=O)N1.